The Morgan fingerprint density at radius 2 is 2.35 bits per heavy atom. The first-order chi connectivity index (χ1) is 9.60. The molecule has 5 nitrogen and oxygen atoms in total. The largest absolute Gasteiger partial charge is 0.320 e. The molecule has 0 aliphatic rings. The van der Waals surface area contributed by atoms with Gasteiger partial charge in [-0.05, 0) is 25.1 Å². The van der Waals surface area contributed by atoms with E-state index in [1.54, 1.807) is 6.92 Å². The maximum atomic E-state index is 13.3. The van der Waals surface area contributed by atoms with Crippen LogP contribution in [0.1, 0.15) is 21.7 Å². The average Bonchev–Trinajstić information content (AvgIpc) is 2.82. The van der Waals surface area contributed by atoms with Gasteiger partial charge < -0.3 is 5.73 Å². The number of hydrogen-bond donors (Lipinski definition) is 2. The van der Waals surface area contributed by atoms with Gasteiger partial charge in [0.05, 0.1) is 12.1 Å². The Labute approximate surface area is 119 Å². The van der Waals surface area contributed by atoms with Crippen molar-refractivity contribution in [3.63, 3.8) is 0 Å². The molecular weight excluding hydrogens is 279 g/mol. The van der Waals surface area contributed by atoms with Gasteiger partial charge in [0.15, 0.2) is 0 Å². The van der Waals surface area contributed by atoms with Crippen LogP contribution in [0, 0.1) is 24.6 Å². The number of carbonyl (C=O) groups is 1. The van der Waals surface area contributed by atoms with E-state index in [9.17, 15) is 9.18 Å². The molecule has 0 bridgehead atoms. The highest BCUT2D eigenvalue weighted by Crippen LogP contribution is 2.15. The minimum Gasteiger partial charge on any atom is -0.320 e. The van der Waals surface area contributed by atoms with Gasteiger partial charge in [-0.2, -0.15) is 4.37 Å². The molecule has 20 heavy (non-hydrogen) atoms. The predicted octanol–water partition coefficient (Wildman–Crippen LogP) is 1.55. The Morgan fingerprint density at radius 3 is 3.00 bits per heavy atom. The lowest BCUT2D eigenvalue weighted by molar-refractivity contribution is 0.102. The van der Waals surface area contributed by atoms with Crippen molar-refractivity contribution >= 4 is 22.6 Å². The van der Waals surface area contributed by atoms with Gasteiger partial charge in [-0.15, -0.1) is 0 Å². The molecule has 3 N–H and O–H groups in total. The van der Waals surface area contributed by atoms with Gasteiger partial charge >= 0.3 is 0 Å². The number of aromatic nitrogens is 2. The molecule has 7 heteroatoms. The number of amides is 1. The Morgan fingerprint density at radius 1 is 1.55 bits per heavy atom. The van der Waals surface area contributed by atoms with E-state index in [1.807, 2.05) is 0 Å². The number of carbonyl (C=O) groups excluding carboxylic acids is 1. The van der Waals surface area contributed by atoms with Crippen LogP contribution in [0.3, 0.4) is 0 Å². The van der Waals surface area contributed by atoms with Gasteiger partial charge in [0, 0.05) is 17.1 Å². The normalized spacial score (nSPS) is 9.75. The number of benzene rings is 1. The first-order valence-corrected chi connectivity index (χ1v) is 6.47. The molecule has 0 fully saturated rings. The van der Waals surface area contributed by atoms with Crippen molar-refractivity contribution in [2.75, 3.05) is 11.9 Å². The van der Waals surface area contributed by atoms with Gasteiger partial charge in [-0.1, -0.05) is 11.8 Å². The smallest absolute Gasteiger partial charge is 0.258 e. The summed E-state index contributed by atoms with van der Waals surface area (Å²) < 4.78 is 17.2. The number of nitrogens with two attached hydrogens (primary N) is 1. The average molecular weight is 290 g/mol. The first-order valence-electron chi connectivity index (χ1n) is 5.70. The van der Waals surface area contributed by atoms with E-state index in [2.05, 4.69) is 26.5 Å². The van der Waals surface area contributed by atoms with Gasteiger partial charge in [0.1, 0.15) is 11.6 Å². The molecular formula is C13H11FN4OS. The van der Waals surface area contributed by atoms with Crippen molar-refractivity contribution < 1.29 is 9.18 Å². The minimum absolute atomic E-state index is 0.138. The third kappa shape index (κ3) is 3.38. The number of halogens is 1. The Bertz CT molecular complexity index is 702. The van der Waals surface area contributed by atoms with E-state index < -0.39 is 11.7 Å². The van der Waals surface area contributed by atoms with Crippen LogP contribution in [0.5, 0.6) is 0 Å². The number of anilines is 1. The maximum Gasteiger partial charge on any atom is 0.258 e. The van der Waals surface area contributed by atoms with E-state index in [0.717, 1.165) is 17.6 Å². The van der Waals surface area contributed by atoms with Crippen LogP contribution in [0.4, 0.5) is 9.52 Å². The molecule has 1 aromatic carbocycles. The number of nitrogens with zero attached hydrogens (tertiary/aromatic N) is 2. The highest BCUT2D eigenvalue weighted by Gasteiger charge is 2.13. The van der Waals surface area contributed by atoms with Gasteiger partial charge in [-0.25, -0.2) is 9.37 Å². The summed E-state index contributed by atoms with van der Waals surface area (Å²) in [5.74, 6) is 4.94. The highest BCUT2D eigenvalue weighted by atomic mass is 32.1. The standard InChI is InChI=1S/C13H11FN4OS/c1-8-16-13(20-18-8)17-12(19)11-7-10(14)5-4-9(11)3-2-6-15/h4-5,7H,6,15H2,1H3,(H,16,17,18,19). The van der Waals surface area contributed by atoms with Crippen molar-refractivity contribution in [3.8, 4) is 11.8 Å². The Balaban J connectivity index is 2.30. The van der Waals surface area contributed by atoms with Crippen LogP contribution < -0.4 is 11.1 Å². The molecule has 0 unspecified atom stereocenters. The molecule has 0 spiro atoms. The molecule has 1 amide bonds. The van der Waals surface area contributed by atoms with Crippen molar-refractivity contribution in [2.24, 2.45) is 5.73 Å². The van der Waals surface area contributed by atoms with Crippen LogP contribution in [0.2, 0.25) is 0 Å². The summed E-state index contributed by atoms with van der Waals surface area (Å²) in [6, 6.07) is 3.81. The van der Waals surface area contributed by atoms with Gasteiger partial charge in [0.25, 0.3) is 5.91 Å². The summed E-state index contributed by atoms with van der Waals surface area (Å²) >= 11 is 1.06. The van der Waals surface area contributed by atoms with Crippen LogP contribution >= 0.6 is 11.5 Å². The summed E-state index contributed by atoms with van der Waals surface area (Å²) in [5.41, 5.74) is 5.84. The quantitative estimate of drug-likeness (QED) is 0.822. The van der Waals surface area contributed by atoms with Crippen LogP contribution in [-0.2, 0) is 0 Å². The summed E-state index contributed by atoms with van der Waals surface area (Å²) in [6.45, 7) is 1.88. The van der Waals surface area contributed by atoms with Gasteiger partial charge in [-0.3, -0.25) is 10.1 Å². The van der Waals surface area contributed by atoms with E-state index in [0.29, 0.717) is 16.5 Å². The third-order valence-corrected chi connectivity index (χ3v) is 3.02. The highest BCUT2D eigenvalue weighted by molar-refractivity contribution is 7.09. The zero-order chi connectivity index (χ0) is 14.5. The lowest BCUT2D eigenvalue weighted by Crippen LogP contribution is -2.14. The molecule has 0 atom stereocenters. The van der Waals surface area contributed by atoms with Gasteiger partial charge in [0.2, 0.25) is 5.13 Å². The van der Waals surface area contributed by atoms with E-state index in [1.165, 1.54) is 12.1 Å². The third-order valence-electron chi connectivity index (χ3n) is 2.30. The molecule has 0 radical (unpaired) electrons. The number of rotatable bonds is 2. The van der Waals surface area contributed by atoms with Crippen molar-refractivity contribution in [2.45, 2.75) is 6.92 Å². The lowest BCUT2D eigenvalue weighted by Gasteiger charge is -2.04. The second-order valence-electron chi connectivity index (χ2n) is 3.80. The summed E-state index contributed by atoms with van der Waals surface area (Å²) in [4.78, 5) is 16.1. The van der Waals surface area contributed by atoms with E-state index in [4.69, 9.17) is 5.73 Å². The van der Waals surface area contributed by atoms with Crippen LogP contribution in [0.15, 0.2) is 18.2 Å². The van der Waals surface area contributed by atoms with E-state index in [-0.39, 0.29) is 12.1 Å². The molecule has 1 heterocycles. The number of nitrogens with one attached hydrogen (secondary N) is 1. The lowest BCUT2D eigenvalue weighted by atomic mass is 10.1. The predicted molar refractivity (Wildman–Crippen MR) is 74.9 cm³/mol. The summed E-state index contributed by atoms with van der Waals surface area (Å²) in [6.07, 6.45) is 0. The van der Waals surface area contributed by atoms with Crippen molar-refractivity contribution in [1.82, 2.24) is 9.36 Å². The SMILES string of the molecule is Cc1nsc(NC(=O)c2cc(F)ccc2C#CCN)n1. The molecule has 0 saturated carbocycles. The van der Waals surface area contributed by atoms with Crippen molar-refractivity contribution in [3.05, 3.63) is 41.0 Å². The second kappa shape index (κ2) is 6.23. The minimum atomic E-state index is -0.512. The number of hydrogen-bond acceptors (Lipinski definition) is 5. The Kier molecular flexibility index (Phi) is 4.40. The Hall–Kier alpha value is -2.30. The van der Waals surface area contributed by atoms with Crippen molar-refractivity contribution in [1.29, 1.82) is 0 Å². The molecule has 2 aromatic rings. The van der Waals surface area contributed by atoms with Crippen LogP contribution in [0.25, 0.3) is 0 Å². The second-order valence-corrected chi connectivity index (χ2v) is 4.55. The summed E-state index contributed by atoms with van der Waals surface area (Å²) in [5, 5.41) is 2.92. The fourth-order valence-electron chi connectivity index (χ4n) is 1.47. The fourth-order valence-corrected chi connectivity index (χ4v) is 2.04. The molecule has 0 saturated heterocycles. The zero-order valence-corrected chi connectivity index (χ0v) is 11.4. The first kappa shape index (κ1) is 14.1. The number of aryl methyl sites for hydroxylation is 1. The molecule has 2 rings (SSSR count). The monoisotopic (exact) mass is 290 g/mol. The van der Waals surface area contributed by atoms with Crippen LogP contribution in [-0.4, -0.2) is 21.8 Å². The molecule has 0 aliphatic carbocycles. The molecule has 102 valence electrons. The zero-order valence-electron chi connectivity index (χ0n) is 10.6. The summed E-state index contributed by atoms with van der Waals surface area (Å²) in [7, 11) is 0. The fraction of sp³-hybridized carbons (Fsp3) is 0.154. The topological polar surface area (TPSA) is 80.9 Å². The molecule has 0 aliphatic heterocycles. The van der Waals surface area contributed by atoms with E-state index >= 15 is 0 Å². The molecule has 1 aromatic heterocycles. The maximum absolute atomic E-state index is 13.3.